The van der Waals surface area contributed by atoms with Crippen molar-refractivity contribution >= 4 is 34.2 Å². The van der Waals surface area contributed by atoms with E-state index in [-0.39, 0.29) is 30.5 Å². The molecule has 136 valence electrons. The molecule has 1 aliphatic rings. The molecule has 0 unspecified atom stereocenters. The number of nitrogens with zero attached hydrogens (tertiary/aromatic N) is 3. The summed E-state index contributed by atoms with van der Waals surface area (Å²) in [6, 6.07) is 11.8. The number of hydrogen-bond acceptors (Lipinski definition) is 5. The van der Waals surface area contributed by atoms with Crippen LogP contribution in [0.1, 0.15) is 18.4 Å². The summed E-state index contributed by atoms with van der Waals surface area (Å²) in [6.45, 7) is 0.601. The Morgan fingerprint density at radius 2 is 1.74 bits per heavy atom. The molecule has 0 spiro atoms. The molecule has 1 aliphatic heterocycles. The van der Waals surface area contributed by atoms with E-state index in [1.165, 1.54) is 23.4 Å². The van der Waals surface area contributed by atoms with E-state index in [9.17, 15) is 14.0 Å². The number of rotatable bonds is 5. The minimum atomic E-state index is -0.332. The van der Waals surface area contributed by atoms with Crippen molar-refractivity contribution in [1.29, 1.82) is 0 Å². The molecule has 2 aromatic carbocycles. The van der Waals surface area contributed by atoms with Crippen LogP contribution in [0.25, 0.3) is 10.9 Å². The summed E-state index contributed by atoms with van der Waals surface area (Å²) < 4.78 is 13.5. The van der Waals surface area contributed by atoms with Crippen LogP contribution in [0.5, 0.6) is 0 Å². The van der Waals surface area contributed by atoms with Gasteiger partial charge in [0.15, 0.2) is 0 Å². The number of anilines is 2. The molecule has 0 aliphatic carbocycles. The molecule has 0 bridgehead atoms. The molecular weight excluding hydrogens is 347 g/mol. The molecule has 3 aromatic rings. The molecule has 0 radical (unpaired) electrons. The Kier molecular flexibility index (Phi) is 4.50. The molecule has 0 atom stereocenters. The maximum atomic E-state index is 13.5. The predicted octanol–water partition coefficient (Wildman–Crippen LogP) is 3.08. The summed E-state index contributed by atoms with van der Waals surface area (Å²) in [6.07, 6.45) is 2.71. The minimum absolute atomic E-state index is 0.155. The van der Waals surface area contributed by atoms with Gasteiger partial charge in [-0.3, -0.25) is 14.5 Å². The van der Waals surface area contributed by atoms with Crippen LogP contribution in [-0.4, -0.2) is 28.3 Å². The van der Waals surface area contributed by atoms with Gasteiger partial charge in [-0.25, -0.2) is 14.4 Å². The second-order valence-corrected chi connectivity index (χ2v) is 6.35. The highest BCUT2D eigenvalue weighted by Gasteiger charge is 2.29. The summed E-state index contributed by atoms with van der Waals surface area (Å²) in [5.74, 6) is -0.0547. The van der Waals surface area contributed by atoms with Crippen molar-refractivity contribution in [1.82, 2.24) is 9.97 Å². The zero-order valence-electron chi connectivity index (χ0n) is 14.5. The minimum Gasteiger partial charge on any atom is -0.369 e. The first-order valence-electron chi connectivity index (χ1n) is 8.71. The smallest absolute Gasteiger partial charge is 0.234 e. The summed E-state index contributed by atoms with van der Waals surface area (Å²) in [4.78, 5) is 33.1. The highest BCUT2D eigenvalue weighted by Crippen LogP contribution is 2.23. The van der Waals surface area contributed by atoms with E-state index in [0.717, 1.165) is 5.56 Å². The molecule has 6 nitrogen and oxygen atoms in total. The summed E-state index contributed by atoms with van der Waals surface area (Å²) >= 11 is 0. The van der Waals surface area contributed by atoms with E-state index in [1.807, 2.05) is 12.1 Å². The van der Waals surface area contributed by atoms with Crippen LogP contribution < -0.4 is 10.2 Å². The Morgan fingerprint density at radius 3 is 2.48 bits per heavy atom. The molecule has 1 N–H and O–H groups in total. The number of carbonyl (C=O) groups is 2. The van der Waals surface area contributed by atoms with Gasteiger partial charge in [-0.2, -0.15) is 0 Å². The Morgan fingerprint density at radius 1 is 1.00 bits per heavy atom. The molecule has 2 amide bonds. The van der Waals surface area contributed by atoms with Gasteiger partial charge in [0.05, 0.1) is 11.2 Å². The summed E-state index contributed by atoms with van der Waals surface area (Å²) in [5.41, 5.74) is 2.34. The maximum absolute atomic E-state index is 13.5. The van der Waals surface area contributed by atoms with Gasteiger partial charge in [-0.1, -0.05) is 12.1 Å². The lowest BCUT2D eigenvalue weighted by Crippen LogP contribution is -2.28. The van der Waals surface area contributed by atoms with Crippen molar-refractivity contribution in [3.05, 3.63) is 60.2 Å². The lowest BCUT2D eigenvalue weighted by atomic mass is 10.1. The molecule has 2 heterocycles. The Balaban J connectivity index is 1.42. The lowest BCUT2D eigenvalue weighted by molar-refractivity contribution is -0.121. The standard InChI is InChI=1S/C20H17FN4O2/c21-14-3-6-17-16(11-14)20(24-12-23-17)22-10-9-13-1-4-15(5-2-13)25-18(26)7-8-19(25)27/h1-6,11-12H,7-10H2,(H,22,23,24). The van der Waals surface area contributed by atoms with Crippen molar-refractivity contribution in [2.75, 3.05) is 16.8 Å². The molecule has 7 heteroatoms. The normalized spacial score (nSPS) is 14.2. The zero-order valence-corrected chi connectivity index (χ0v) is 14.5. The maximum Gasteiger partial charge on any atom is 0.234 e. The Bertz CT molecular complexity index is 1000. The number of fused-ring (bicyclic) bond motifs is 1. The van der Waals surface area contributed by atoms with Crippen molar-refractivity contribution in [3.8, 4) is 0 Å². The van der Waals surface area contributed by atoms with E-state index in [4.69, 9.17) is 0 Å². The van der Waals surface area contributed by atoms with E-state index in [2.05, 4.69) is 15.3 Å². The number of hydrogen-bond donors (Lipinski definition) is 1. The van der Waals surface area contributed by atoms with Gasteiger partial charge in [0.25, 0.3) is 0 Å². The van der Waals surface area contributed by atoms with Crippen LogP contribution in [0.4, 0.5) is 15.9 Å². The van der Waals surface area contributed by atoms with Crippen LogP contribution in [-0.2, 0) is 16.0 Å². The number of nitrogens with one attached hydrogen (secondary N) is 1. The zero-order chi connectivity index (χ0) is 18.8. The van der Waals surface area contributed by atoms with Crippen LogP contribution in [0, 0.1) is 5.82 Å². The number of carbonyl (C=O) groups excluding carboxylic acids is 2. The Hall–Kier alpha value is -3.35. The number of imide groups is 1. The first-order valence-corrected chi connectivity index (χ1v) is 8.71. The lowest BCUT2D eigenvalue weighted by Gasteiger charge is -2.14. The highest BCUT2D eigenvalue weighted by molar-refractivity contribution is 6.19. The fourth-order valence-corrected chi connectivity index (χ4v) is 3.17. The number of amides is 2. The van der Waals surface area contributed by atoms with Gasteiger partial charge in [0, 0.05) is 24.8 Å². The van der Waals surface area contributed by atoms with Crippen molar-refractivity contribution in [3.63, 3.8) is 0 Å². The van der Waals surface area contributed by atoms with Crippen LogP contribution >= 0.6 is 0 Å². The highest BCUT2D eigenvalue weighted by atomic mass is 19.1. The summed E-state index contributed by atoms with van der Waals surface area (Å²) in [7, 11) is 0. The quantitative estimate of drug-likeness (QED) is 0.704. The average Bonchev–Trinajstić information content (AvgIpc) is 3.01. The monoisotopic (exact) mass is 364 g/mol. The number of aromatic nitrogens is 2. The van der Waals surface area contributed by atoms with Crippen LogP contribution in [0.3, 0.4) is 0 Å². The van der Waals surface area contributed by atoms with Gasteiger partial charge in [0.1, 0.15) is 18.0 Å². The third-order valence-corrected chi connectivity index (χ3v) is 4.55. The Labute approximate surface area is 155 Å². The van der Waals surface area contributed by atoms with E-state index in [0.29, 0.717) is 35.4 Å². The second kappa shape index (κ2) is 7.11. The number of benzene rings is 2. The second-order valence-electron chi connectivity index (χ2n) is 6.35. The van der Waals surface area contributed by atoms with E-state index in [1.54, 1.807) is 18.2 Å². The van der Waals surface area contributed by atoms with Crippen molar-refractivity contribution < 1.29 is 14.0 Å². The van der Waals surface area contributed by atoms with Gasteiger partial charge in [-0.05, 0) is 42.3 Å². The average molecular weight is 364 g/mol. The molecular formula is C20H17FN4O2. The van der Waals surface area contributed by atoms with Gasteiger partial charge >= 0.3 is 0 Å². The SMILES string of the molecule is O=C1CCC(=O)N1c1ccc(CCNc2ncnc3ccc(F)cc23)cc1. The number of halogens is 1. The molecule has 0 saturated carbocycles. The van der Waals surface area contributed by atoms with Crippen LogP contribution in [0.2, 0.25) is 0 Å². The van der Waals surface area contributed by atoms with Gasteiger partial charge in [-0.15, -0.1) is 0 Å². The largest absolute Gasteiger partial charge is 0.369 e. The summed E-state index contributed by atoms with van der Waals surface area (Å²) in [5, 5.41) is 3.85. The van der Waals surface area contributed by atoms with Crippen molar-refractivity contribution in [2.45, 2.75) is 19.3 Å². The van der Waals surface area contributed by atoms with Gasteiger partial charge in [0.2, 0.25) is 11.8 Å². The fourth-order valence-electron chi connectivity index (χ4n) is 3.17. The fraction of sp³-hybridized carbons (Fsp3) is 0.200. The van der Waals surface area contributed by atoms with Crippen LogP contribution in [0.15, 0.2) is 48.8 Å². The first kappa shape index (κ1) is 17.1. The van der Waals surface area contributed by atoms with Gasteiger partial charge < -0.3 is 5.32 Å². The van der Waals surface area contributed by atoms with E-state index < -0.39 is 0 Å². The third-order valence-electron chi connectivity index (χ3n) is 4.55. The predicted molar refractivity (Wildman–Crippen MR) is 99.9 cm³/mol. The molecule has 4 rings (SSSR count). The van der Waals surface area contributed by atoms with Crippen molar-refractivity contribution in [2.24, 2.45) is 0 Å². The molecule has 1 saturated heterocycles. The topological polar surface area (TPSA) is 75.2 Å². The third kappa shape index (κ3) is 3.48. The molecule has 1 aromatic heterocycles. The molecule has 27 heavy (non-hydrogen) atoms. The first-order chi connectivity index (χ1) is 13.1. The molecule has 1 fully saturated rings. The van der Waals surface area contributed by atoms with E-state index >= 15 is 0 Å².